The van der Waals surface area contributed by atoms with Gasteiger partial charge >= 0.3 is 0 Å². The van der Waals surface area contributed by atoms with Crippen LogP contribution in [-0.4, -0.2) is 22.6 Å². The molecule has 23 heavy (non-hydrogen) atoms. The molecular formula is C19H17FN2S. The van der Waals surface area contributed by atoms with E-state index < -0.39 is 0 Å². The van der Waals surface area contributed by atoms with Gasteiger partial charge in [-0.3, -0.25) is 0 Å². The van der Waals surface area contributed by atoms with Gasteiger partial charge in [-0.1, -0.05) is 30.3 Å². The van der Waals surface area contributed by atoms with E-state index in [9.17, 15) is 4.39 Å². The summed E-state index contributed by atoms with van der Waals surface area (Å²) < 4.78 is 14.0. The number of nitrogens with zero attached hydrogens (tertiary/aromatic N) is 1. The number of thiocarbonyl (C=S) groups is 1. The van der Waals surface area contributed by atoms with E-state index in [4.69, 9.17) is 12.2 Å². The third-order valence-electron chi connectivity index (χ3n) is 5.59. The van der Waals surface area contributed by atoms with Crippen molar-refractivity contribution in [1.29, 1.82) is 0 Å². The van der Waals surface area contributed by atoms with E-state index in [0.29, 0.717) is 12.0 Å². The molecule has 0 radical (unpaired) electrons. The van der Waals surface area contributed by atoms with E-state index in [1.165, 1.54) is 16.7 Å². The van der Waals surface area contributed by atoms with Gasteiger partial charge in [0, 0.05) is 18.5 Å². The summed E-state index contributed by atoms with van der Waals surface area (Å²) in [6, 6.07) is 14.5. The second-order valence-corrected chi connectivity index (χ2v) is 7.14. The van der Waals surface area contributed by atoms with Crippen molar-refractivity contribution in [3.05, 3.63) is 70.5 Å². The maximum absolute atomic E-state index is 14.0. The largest absolute Gasteiger partial charge is 0.360 e. The number of halogens is 1. The summed E-state index contributed by atoms with van der Waals surface area (Å²) in [6.45, 7) is 0.901. The van der Waals surface area contributed by atoms with Crippen LogP contribution in [0, 0.1) is 5.82 Å². The van der Waals surface area contributed by atoms with Crippen LogP contribution in [0.5, 0.6) is 0 Å². The Morgan fingerprint density at radius 2 is 1.91 bits per heavy atom. The van der Waals surface area contributed by atoms with E-state index in [-0.39, 0.29) is 11.9 Å². The molecule has 0 spiro atoms. The van der Waals surface area contributed by atoms with E-state index in [0.717, 1.165) is 30.1 Å². The van der Waals surface area contributed by atoms with Crippen LogP contribution in [0.25, 0.3) is 0 Å². The van der Waals surface area contributed by atoms with Gasteiger partial charge in [-0.2, -0.15) is 0 Å². The van der Waals surface area contributed by atoms with Crippen LogP contribution in [0.4, 0.5) is 4.39 Å². The third-order valence-corrected chi connectivity index (χ3v) is 5.94. The lowest BCUT2D eigenvalue weighted by molar-refractivity contribution is 0.347. The van der Waals surface area contributed by atoms with Crippen molar-refractivity contribution in [1.82, 2.24) is 10.2 Å². The average molecular weight is 324 g/mol. The van der Waals surface area contributed by atoms with Crippen molar-refractivity contribution >= 4 is 17.3 Å². The molecule has 1 N–H and O–H groups in total. The number of benzene rings is 2. The Balaban J connectivity index is 1.76. The quantitative estimate of drug-likeness (QED) is 0.747. The molecule has 2 aromatic rings. The Bertz CT molecular complexity index is 819. The molecule has 5 rings (SSSR count). The lowest BCUT2D eigenvalue weighted by Crippen LogP contribution is -2.32. The van der Waals surface area contributed by atoms with Gasteiger partial charge in [0.25, 0.3) is 0 Å². The number of nitrogens with one attached hydrogen (secondary N) is 1. The van der Waals surface area contributed by atoms with E-state index in [2.05, 4.69) is 34.5 Å². The Hall–Kier alpha value is -1.94. The minimum atomic E-state index is -0.157. The molecule has 2 saturated heterocycles. The van der Waals surface area contributed by atoms with Gasteiger partial charge in [0.1, 0.15) is 5.82 Å². The van der Waals surface area contributed by atoms with Gasteiger partial charge in [0.05, 0.1) is 6.04 Å². The number of fused-ring (bicyclic) bond motifs is 7. The summed E-state index contributed by atoms with van der Waals surface area (Å²) in [4.78, 5) is 2.32. The fraction of sp³-hybridized carbons (Fsp3) is 0.316. The molecule has 4 heteroatoms. The summed E-state index contributed by atoms with van der Waals surface area (Å²) in [7, 11) is 0. The smallest absolute Gasteiger partial charge is 0.169 e. The molecule has 0 unspecified atom stereocenters. The summed E-state index contributed by atoms with van der Waals surface area (Å²) in [5, 5.41) is 4.12. The van der Waals surface area contributed by atoms with E-state index in [1.54, 1.807) is 12.1 Å². The zero-order chi connectivity index (χ0) is 15.6. The number of rotatable bonds is 0. The van der Waals surface area contributed by atoms with Crippen LogP contribution in [-0.2, 0) is 6.42 Å². The first kappa shape index (κ1) is 13.5. The molecule has 3 aliphatic rings. The Labute approximate surface area is 140 Å². The fourth-order valence-electron chi connectivity index (χ4n) is 4.65. The van der Waals surface area contributed by atoms with Crippen LogP contribution in [0.3, 0.4) is 0 Å². The van der Waals surface area contributed by atoms with Crippen molar-refractivity contribution in [3.63, 3.8) is 0 Å². The maximum Gasteiger partial charge on any atom is 0.169 e. The second-order valence-electron chi connectivity index (χ2n) is 6.75. The van der Waals surface area contributed by atoms with Gasteiger partial charge in [-0.15, -0.1) is 0 Å². The predicted octanol–water partition coefficient (Wildman–Crippen LogP) is 3.52. The first-order valence-corrected chi connectivity index (χ1v) is 8.55. The molecule has 0 bridgehead atoms. The van der Waals surface area contributed by atoms with Crippen LogP contribution < -0.4 is 5.32 Å². The second kappa shape index (κ2) is 4.78. The maximum atomic E-state index is 14.0. The molecular weight excluding hydrogens is 307 g/mol. The van der Waals surface area contributed by atoms with E-state index >= 15 is 0 Å². The summed E-state index contributed by atoms with van der Waals surface area (Å²) in [5.74, 6) is 0.231. The highest BCUT2D eigenvalue weighted by atomic mass is 32.1. The van der Waals surface area contributed by atoms with Gasteiger partial charge in [-0.05, 0) is 59.4 Å². The average Bonchev–Trinajstić information content (AvgIpc) is 3.06. The van der Waals surface area contributed by atoms with Crippen molar-refractivity contribution < 1.29 is 4.39 Å². The Morgan fingerprint density at radius 3 is 2.83 bits per heavy atom. The van der Waals surface area contributed by atoms with Gasteiger partial charge in [-0.25, -0.2) is 4.39 Å². The lowest BCUT2D eigenvalue weighted by Gasteiger charge is -2.29. The number of hydrogen-bond acceptors (Lipinski definition) is 1. The minimum absolute atomic E-state index is 0.150. The zero-order valence-electron chi connectivity index (χ0n) is 12.6. The first-order valence-electron chi connectivity index (χ1n) is 8.14. The lowest BCUT2D eigenvalue weighted by atomic mass is 9.86. The summed E-state index contributed by atoms with van der Waals surface area (Å²) >= 11 is 5.55. The van der Waals surface area contributed by atoms with Crippen LogP contribution >= 0.6 is 12.2 Å². The monoisotopic (exact) mass is 324 g/mol. The molecule has 3 atom stereocenters. The summed E-state index contributed by atoms with van der Waals surface area (Å²) in [6.07, 6.45) is 1.95. The predicted molar refractivity (Wildman–Crippen MR) is 92.0 cm³/mol. The first-order chi connectivity index (χ1) is 11.2. The topological polar surface area (TPSA) is 15.3 Å². The molecule has 0 aromatic heterocycles. The Morgan fingerprint density at radius 1 is 1.09 bits per heavy atom. The van der Waals surface area contributed by atoms with Crippen molar-refractivity contribution in [3.8, 4) is 0 Å². The van der Waals surface area contributed by atoms with Crippen molar-refractivity contribution in [2.24, 2.45) is 0 Å². The molecule has 2 aliphatic heterocycles. The normalized spacial score (nSPS) is 27.6. The fourth-order valence-corrected chi connectivity index (χ4v) is 5.00. The molecule has 0 amide bonds. The third kappa shape index (κ3) is 1.88. The highest BCUT2D eigenvalue weighted by molar-refractivity contribution is 7.80. The standard InChI is InChI=1S/C19H17FN2S/c20-13-6-5-12-7-11-3-1-2-4-15(11)17-9-14-10-21-19(23)22(14)18(17)16(12)8-13/h1-6,8,14,17-18H,7,9-10H2,(H,21,23)/t14-,17-,18-/m1/s1. The van der Waals surface area contributed by atoms with Crippen molar-refractivity contribution in [2.75, 3.05) is 6.54 Å². The molecule has 2 nitrogen and oxygen atoms in total. The highest BCUT2D eigenvalue weighted by Crippen LogP contribution is 2.51. The molecule has 1 aliphatic carbocycles. The Kier molecular flexibility index (Phi) is 2.80. The van der Waals surface area contributed by atoms with Crippen LogP contribution in [0.15, 0.2) is 42.5 Å². The van der Waals surface area contributed by atoms with Crippen LogP contribution in [0.1, 0.15) is 40.6 Å². The number of hydrogen-bond donors (Lipinski definition) is 1. The highest BCUT2D eigenvalue weighted by Gasteiger charge is 2.48. The SMILES string of the molecule is Fc1ccc2c(c1)[C@@H]1[C@H](C[C@@H]3CNC(=S)N31)c1ccccc1C2. The molecule has 116 valence electrons. The van der Waals surface area contributed by atoms with Gasteiger partial charge < -0.3 is 10.2 Å². The van der Waals surface area contributed by atoms with Crippen molar-refractivity contribution in [2.45, 2.75) is 30.8 Å². The van der Waals surface area contributed by atoms with Gasteiger partial charge in [0.2, 0.25) is 0 Å². The molecule has 2 aromatic carbocycles. The van der Waals surface area contributed by atoms with Crippen LogP contribution in [0.2, 0.25) is 0 Å². The molecule has 2 fully saturated rings. The summed E-state index contributed by atoms with van der Waals surface area (Å²) in [5.41, 5.74) is 5.11. The minimum Gasteiger partial charge on any atom is -0.360 e. The molecule has 2 heterocycles. The molecule has 0 saturated carbocycles. The zero-order valence-corrected chi connectivity index (χ0v) is 13.4. The van der Waals surface area contributed by atoms with Gasteiger partial charge in [0.15, 0.2) is 5.11 Å². The van der Waals surface area contributed by atoms with E-state index in [1.807, 2.05) is 6.07 Å².